The predicted octanol–water partition coefficient (Wildman–Crippen LogP) is 2.46. The first-order chi connectivity index (χ1) is 12.4. The molecule has 26 heavy (non-hydrogen) atoms. The van der Waals surface area contributed by atoms with E-state index in [9.17, 15) is 12.8 Å². The third-order valence-corrected chi connectivity index (χ3v) is 7.30. The van der Waals surface area contributed by atoms with Gasteiger partial charge in [0.2, 0.25) is 10.0 Å². The number of nitrogens with one attached hydrogen (secondary N) is 1. The van der Waals surface area contributed by atoms with Crippen molar-refractivity contribution in [1.82, 2.24) is 14.5 Å². The summed E-state index contributed by atoms with van der Waals surface area (Å²) in [6, 6.07) is 7.78. The molecule has 1 saturated heterocycles. The number of sulfonamides is 1. The molecular formula is C18H24FN3O2S2. The largest absolute Gasteiger partial charge is 0.304 e. The molecule has 0 radical (unpaired) electrons. The zero-order valence-electron chi connectivity index (χ0n) is 15.0. The van der Waals surface area contributed by atoms with Crippen LogP contribution in [0.1, 0.15) is 16.5 Å². The number of hydrogen-bond acceptors (Lipinski definition) is 5. The maximum atomic E-state index is 13.3. The highest BCUT2D eigenvalue weighted by molar-refractivity contribution is 7.89. The minimum atomic E-state index is -3.69. The van der Waals surface area contributed by atoms with E-state index in [1.165, 1.54) is 18.2 Å². The van der Waals surface area contributed by atoms with Gasteiger partial charge in [-0.05, 0) is 49.2 Å². The second-order valence-electron chi connectivity index (χ2n) is 6.63. The number of likely N-dealkylation sites (N-methyl/N-ethyl adjacent to an activating group) is 1. The molecule has 142 valence electrons. The van der Waals surface area contributed by atoms with Gasteiger partial charge in [0.25, 0.3) is 0 Å². The Balaban J connectivity index is 1.77. The molecule has 3 rings (SSSR count). The Morgan fingerprint density at radius 1 is 1.23 bits per heavy atom. The maximum Gasteiger partial charge on any atom is 0.240 e. The number of hydrogen-bond donors (Lipinski definition) is 1. The van der Waals surface area contributed by atoms with Gasteiger partial charge in [0.1, 0.15) is 5.82 Å². The molecule has 8 heteroatoms. The van der Waals surface area contributed by atoms with Crippen molar-refractivity contribution >= 4 is 21.4 Å². The van der Waals surface area contributed by atoms with Crippen molar-refractivity contribution in [1.29, 1.82) is 0 Å². The molecule has 2 heterocycles. The first-order valence-corrected chi connectivity index (χ1v) is 10.9. The fraction of sp³-hybridized carbons (Fsp3) is 0.444. The van der Waals surface area contributed by atoms with Gasteiger partial charge in [-0.1, -0.05) is 6.07 Å². The fourth-order valence-corrected chi connectivity index (χ4v) is 5.33. The quantitative estimate of drug-likeness (QED) is 0.814. The minimum absolute atomic E-state index is 0.000713. The van der Waals surface area contributed by atoms with Crippen molar-refractivity contribution < 1.29 is 12.8 Å². The molecule has 0 spiro atoms. The van der Waals surface area contributed by atoms with Gasteiger partial charge in [-0.15, -0.1) is 11.3 Å². The zero-order chi connectivity index (χ0) is 18.7. The van der Waals surface area contributed by atoms with Crippen LogP contribution in [-0.2, 0) is 10.0 Å². The van der Waals surface area contributed by atoms with Crippen molar-refractivity contribution in [2.75, 3.05) is 39.8 Å². The van der Waals surface area contributed by atoms with Crippen LogP contribution in [0.15, 0.2) is 40.6 Å². The summed E-state index contributed by atoms with van der Waals surface area (Å²) in [7, 11) is -1.60. The van der Waals surface area contributed by atoms with Crippen LogP contribution in [0.2, 0.25) is 0 Å². The maximum absolute atomic E-state index is 13.3. The van der Waals surface area contributed by atoms with Crippen LogP contribution in [0.4, 0.5) is 4.39 Å². The average Bonchev–Trinajstić information content (AvgIpc) is 3.10. The van der Waals surface area contributed by atoms with Crippen LogP contribution in [0.5, 0.6) is 0 Å². The number of rotatable bonds is 6. The van der Waals surface area contributed by atoms with Gasteiger partial charge >= 0.3 is 0 Å². The van der Waals surface area contributed by atoms with Gasteiger partial charge in [0, 0.05) is 37.6 Å². The van der Waals surface area contributed by atoms with Crippen LogP contribution in [0.3, 0.4) is 0 Å². The molecule has 0 bridgehead atoms. The van der Waals surface area contributed by atoms with Gasteiger partial charge in [0.15, 0.2) is 0 Å². The Kier molecular flexibility index (Phi) is 6.09. The van der Waals surface area contributed by atoms with Gasteiger partial charge in [-0.2, -0.15) is 0 Å². The monoisotopic (exact) mass is 397 g/mol. The first-order valence-electron chi connectivity index (χ1n) is 8.58. The normalized spacial score (nSPS) is 18.1. The standard InChI is InChI=1S/C18H24FN3O2S2/c1-14-12-15(19)5-6-18(14)26(23,24)20-13-16(17-4-3-11-25-17)22-9-7-21(2)8-10-22/h3-6,11-12,16,20H,7-10,13H2,1-2H3. The molecule has 1 aliphatic heterocycles. The van der Waals surface area contributed by atoms with E-state index in [-0.39, 0.29) is 10.9 Å². The summed E-state index contributed by atoms with van der Waals surface area (Å²) in [5.41, 5.74) is 0.407. The van der Waals surface area contributed by atoms with Crippen LogP contribution < -0.4 is 4.72 Å². The van der Waals surface area contributed by atoms with Crippen molar-refractivity contribution in [3.8, 4) is 0 Å². The van der Waals surface area contributed by atoms with E-state index in [4.69, 9.17) is 0 Å². The molecule has 1 aromatic heterocycles. The summed E-state index contributed by atoms with van der Waals surface area (Å²) in [6.07, 6.45) is 0. The fourth-order valence-electron chi connectivity index (χ4n) is 3.20. The average molecular weight is 398 g/mol. The Labute approximate surface area is 158 Å². The molecule has 1 unspecified atom stereocenters. The predicted molar refractivity (Wildman–Crippen MR) is 102 cm³/mol. The number of halogens is 1. The molecule has 2 aromatic rings. The first kappa shape index (κ1) is 19.4. The lowest BCUT2D eigenvalue weighted by atomic mass is 10.2. The molecule has 1 aliphatic rings. The highest BCUT2D eigenvalue weighted by Gasteiger charge is 2.27. The summed E-state index contributed by atoms with van der Waals surface area (Å²) in [5.74, 6) is -0.435. The molecule has 1 fully saturated rings. The molecule has 0 saturated carbocycles. The van der Waals surface area contributed by atoms with Crippen LogP contribution >= 0.6 is 11.3 Å². The number of thiophene rings is 1. The highest BCUT2D eigenvalue weighted by Crippen LogP contribution is 2.26. The van der Waals surface area contributed by atoms with E-state index in [1.807, 2.05) is 17.5 Å². The van der Waals surface area contributed by atoms with Gasteiger partial charge in [-0.3, -0.25) is 4.90 Å². The van der Waals surface area contributed by atoms with Crippen LogP contribution in [-0.4, -0.2) is 58.0 Å². The Hall–Kier alpha value is -1.32. The van der Waals surface area contributed by atoms with E-state index < -0.39 is 15.8 Å². The SMILES string of the molecule is Cc1cc(F)ccc1S(=O)(=O)NCC(c1cccs1)N1CCN(C)CC1. The van der Waals surface area contributed by atoms with E-state index in [0.29, 0.717) is 12.1 Å². The summed E-state index contributed by atoms with van der Waals surface area (Å²) in [6.45, 7) is 5.63. The zero-order valence-corrected chi connectivity index (χ0v) is 16.6. The van der Waals surface area contributed by atoms with E-state index in [2.05, 4.69) is 21.6 Å². The summed E-state index contributed by atoms with van der Waals surface area (Å²) < 4.78 is 41.5. The number of aryl methyl sites for hydroxylation is 1. The third-order valence-electron chi connectivity index (χ3n) is 4.74. The summed E-state index contributed by atoms with van der Waals surface area (Å²) in [4.78, 5) is 5.87. The molecular weight excluding hydrogens is 373 g/mol. The molecule has 1 aromatic carbocycles. The third kappa shape index (κ3) is 4.50. The Bertz CT molecular complexity index is 832. The molecule has 1 N–H and O–H groups in total. The second-order valence-corrected chi connectivity index (χ2v) is 9.35. The smallest absolute Gasteiger partial charge is 0.240 e. The van der Waals surface area contributed by atoms with Crippen molar-refractivity contribution in [3.63, 3.8) is 0 Å². The van der Waals surface area contributed by atoms with Crippen LogP contribution in [0.25, 0.3) is 0 Å². The van der Waals surface area contributed by atoms with E-state index in [0.717, 1.165) is 31.1 Å². The minimum Gasteiger partial charge on any atom is -0.304 e. The lowest BCUT2D eigenvalue weighted by molar-refractivity contribution is 0.114. The lowest BCUT2D eigenvalue weighted by Gasteiger charge is -2.37. The van der Waals surface area contributed by atoms with E-state index >= 15 is 0 Å². The van der Waals surface area contributed by atoms with Crippen molar-refractivity contribution in [3.05, 3.63) is 52.0 Å². The van der Waals surface area contributed by atoms with Crippen LogP contribution in [0, 0.1) is 12.7 Å². The lowest BCUT2D eigenvalue weighted by Crippen LogP contribution is -2.48. The molecule has 0 aliphatic carbocycles. The molecule has 1 atom stereocenters. The summed E-state index contributed by atoms with van der Waals surface area (Å²) in [5, 5.41) is 2.01. The van der Waals surface area contributed by atoms with Gasteiger partial charge in [0.05, 0.1) is 10.9 Å². The van der Waals surface area contributed by atoms with Crippen molar-refractivity contribution in [2.45, 2.75) is 17.9 Å². The van der Waals surface area contributed by atoms with E-state index in [1.54, 1.807) is 18.3 Å². The number of benzene rings is 1. The summed E-state index contributed by atoms with van der Waals surface area (Å²) >= 11 is 1.64. The molecule has 0 amide bonds. The Morgan fingerprint density at radius 2 is 1.96 bits per heavy atom. The number of nitrogens with zero attached hydrogens (tertiary/aromatic N) is 2. The van der Waals surface area contributed by atoms with Gasteiger partial charge in [-0.25, -0.2) is 17.5 Å². The number of piperazine rings is 1. The highest BCUT2D eigenvalue weighted by atomic mass is 32.2. The van der Waals surface area contributed by atoms with Crippen molar-refractivity contribution in [2.24, 2.45) is 0 Å². The Morgan fingerprint density at radius 3 is 2.58 bits per heavy atom. The molecule has 5 nitrogen and oxygen atoms in total. The topological polar surface area (TPSA) is 52.7 Å². The van der Waals surface area contributed by atoms with Gasteiger partial charge < -0.3 is 4.90 Å². The second kappa shape index (κ2) is 8.14.